The SMILES string of the molecule is C=C1c2cnc(N(C)C)cc2C(c2cc(OC)c(C=O)c(OC)c2)=CN1C. The Labute approximate surface area is 159 Å². The normalized spacial score (nSPS) is 13.0. The minimum Gasteiger partial charge on any atom is -0.496 e. The van der Waals surface area contributed by atoms with Crippen molar-refractivity contribution >= 4 is 23.4 Å². The maximum Gasteiger partial charge on any atom is 0.157 e. The van der Waals surface area contributed by atoms with Gasteiger partial charge in [0.1, 0.15) is 17.3 Å². The summed E-state index contributed by atoms with van der Waals surface area (Å²) in [6, 6.07) is 5.73. The zero-order valence-electron chi connectivity index (χ0n) is 16.2. The Morgan fingerprint density at radius 3 is 2.26 bits per heavy atom. The number of hydrogen-bond acceptors (Lipinski definition) is 6. The first kappa shape index (κ1) is 18.5. The van der Waals surface area contributed by atoms with Gasteiger partial charge in [-0.15, -0.1) is 0 Å². The Bertz CT molecular complexity index is 923. The van der Waals surface area contributed by atoms with E-state index in [-0.39, 0.29) is 0 Å². The lowest BCUT2D eigenvalue weighted by Crippen LogP contribution is -2.18. The summed E-state index contributed by atoms with van der Waals surface area (Å²) >= 11 is 0. The maximum absolute atomic E-state index is 11.5. The standard InChI is InChI=1S/C21H23N3O3/c1-13-16-10-22-21(23(2)3)9-15(16)17(11-24(13)4)14-7-19(26-5)18(12-25)20(8-14)27-6/h7-12H,1H2,2-6H3. The van der Waals surface area contributed by atoms with E-state index in [1.54, 1.807) is 0 Å². The van der Waals surface area contributed by atoms with Crippen LogP contribution in [0.2, 0.25) is 0 Å². The molecule has 27 heavy (non-hydrogen) atoms. The molecule has 1 aliphatic rings. The number of aromatic nitrogens is 1. The third kappa shape index (κ3) is 3.14. The number of ether oxygens (including phenoxy) is 2. The Hall–Kier alpha value is -3.28. The van der Waals surface area contributed by atoms with E-state index in [0.29, 0.717) is 17.1 Å². The Morgan fingerprint density at radius 1 is 1.11 bits per heavy atom. The molecule has 0 saturated heterocycles. The summed E-state index contributed by atoms with van der Waals surface area (Å²) < 4.78 is 10.8. The first-order valence-electron chi connectivity index (χ1n) is 8.44. The van der Waals surface area contributed by atoms with Crippen molar-refractivity contribution in [2.75, 3.05) is 40.3 Å². The second kappa shape index (κ2) is 7.15. The van der Waals surface area contributed by atoms with Crippen LogP contribution in [0.1, 0.15) is 27.0 Å². The molecule has 0 aliphatic carbocycles. The highest BCUT2D eigenvalue weighted by Gasteiger charge is 2.23. The minimum absolute atomic E-state index is 0.391. The molecule has 140 valence electrons. The molecule has 1 aromatic heterocycles. The number of carbonyl (C=O) groups is 1. The summed E-state index contributed by atoms with van der Waals surface area (Å²) in [7, 11) is 8.92. The van der Waals surface area contributed by atoms with Crippen LogP contribution in [0.25, 0.3) is 11.3 Å². The number of aldehydes is 1. The van der Waals surface area contributed by atoms with Crippen LogP contribution in [0.4, 0.5) is 5.82 Å². The van der Waals surface area contributed by atoms with E-state index in [1.807, 2.05) is 61.5 Å². The fourth-order valence-corrected chi connectivity index (χ4v) is 3.11. The van der Waals surface area contributed by atoms with Gasteiger partial charge in [-0.05, 0) is 29.3 Å². The summed E-state index contributed by atoms with van der Waals surface area (Å²) in [5.41, 5.74) is 5.08. The fraction of sp³-hybridized carbons (Fsp3) is 0.238. The molecule has 0 N–H and O–H groups in total. The Balaban J connectivity index is 2.26. The molecule has 6 heteroatoms. The molecule has 0 fully saturated rings. The van der Waals surface area contributed by atoms with E-state index < -0.39 is 0 Å². The smallest absolute Gasteiger partial charge is 0.157 e. The molecule has 0 atom stereocenters. The first-order valence-corrected chi connectivity index (χ1v) is 8.44. The quantitative estimate of drug-likeness (QED) is 0.758. The van der Waals surface area contributed by atoms with E-state index >= 15 is 0 Å². The second-order valence-electron chi connectivity index (χ2n) is 6.50. The Kier molecular flexibility index (Phi) is 4.90. The van der Waals surface area contributed by atoms with Crippen molar-refractivity contribution in [2.45, 2.75) is 0 Å². The number of pyridine rings is 1. The van der Waals surface area contributed by atoms with Gasteiger partial charge in [0.25, 0.3) is 0 Å². The van der Waals surface area contributed by atoms with Crippen LogP contribution in [0, 0.1) is 0 Å². The van der Waals surface area contributed by atoms with Crippen LogP contribution in [-0.2, 0) is 0 Å². The minimum atomic E-state index is 0.391. The highest BCUT2D eigenvalue weighted by Crippen LogP contribution is 2.40. The topological polar surface area (TPSA) is 54.9 Å². The molecule has 2 aromatic rings. The average molecular weight is 365 g/mol. The van der Waals surface area contributed by atoms with Crippen molar-refractivity contribution in [3.05, 3.63) is 59.4 Å². The second-order valence-corrected chi connectivity index (χ2v) is 6.50. The van der Waals surface area contributed by atoms with Crippen LogP contribution >= 0.6 is 0 Å². The molecule has 0 amide bonds. The third-order valence-corrected chi connectivity index (χ3v) is 4.67. The number of methoxy groups -OCH3 is 2. The average Bonchev–Trinajstić information content (AvgIpc) is 2.68. The molecule has 1 aliphatic heterocycles. The maximum atomic E-state index is 11.5. The molecule has 3 rings (SSSR count). The number of fused-ring (bicyclic) bond motifs is 1. The van der Waals surface area contributed by atoms with Crippen LogP contribution < -0.4 is 14.4 Å². The lowest BCUT2D eigenvalue weighted by Gasteiger charge is -2.29. The van der Waals surface area contributed by atoms with Gasteiger partial charge in [-0.3, -0.25) is 4.79 Å². The third-order valence-electron chi connectivity index (χ3n) is 4.67. The van der Waals surface area contributed by atoms with Crippen molar-refractivity contribution in [3.63, 3.8) is 0 Å². The lowest BCUT2D eigenvalue weighted by molar-refractivity contribution is 0.111. The van der Waals surface area contributed by atoms with Crippen LogP contribution in [-0.4, -0.2) is 51.5 Å². The summed E-state index contributed by atoms with van der Waals surface area (Å²) in [5, 5.41) is 0. The number of anilines is 1. The fourth-order valence-electron chi connectivity index (χ4n) is 3.11. The van der Waals surface area contributed by atoms with E-state index in [1.165, 1.54) is 14.2 Å². The predicted molar refractivity (Wildman–Crippen MR) is 107 cm³/mol. The number of rotatable bonds is 5. The van der Waals surface area contributed by atoms with Gasteiger partial charge in [0.05, 0.1) is 19.8 Å². The number of benzene rings is 1. The van der Waals surface area contributed by atoms with E-state index in [0.717, 1.165) is 40.1 Å². The van der Waals surface area contributed by atoms with Crippen LogP contribution in [0.3, 0.4) is 0 Å². The van der Waals surface area contributed by atoms with E-state index in [4.69, 9.17) is 9.47 Å². The molecule has 0 unspecified atom stereocenters. The summed E-state index contributed by atoms with van der Waals surface area (Å²) in [6.07, 6.45) is 4.59. The predicted octanol–water partition coefficient (Wildman–Crippen LogP) is 3.28. The first-order chi connectivity index (χ1) is 12.9. The van der Waals surface area contributed by atoms with Gasteiger partial charge in [-0.25, -0.2) is 4.98 Å². The highest BCUT2D eigenvalue weighted by molar-refractivity contribution is 5.93. The molecular formula is C21H23N3O3. The summed E-state index contributed by atoms with van der Waals surface area (Å²) in [5.74, 6) is 1.78. The van der Waals surface area contributed by atoms with Gasteiger partial charge < -0.3 is 19.3 Å². The lowest BCUT2D eigenvalue weighted by atomic mass is 9.90. The van der Waals surface area contributed by atoms with E-state index in [9.17, 15) is 4.79 Å². The molecule has 0 spiro atoms. The molecule has 1 aromatic carbocycles. The van der Waals surface area contributed by atoms with Crippen molar-refractivity contribution < 1.29 is 14.3 Å². The number of hydrogen-bond donors (Lipinski definition) is 0. The van der Waals surface area contributed by atoms with Gasteiger partial charge in [-0.1, -0.05) is 6.58 Å². The largest absolute Gasteiger partial charge is 0.496 e. The van der Waals surface area contributed by atoms with Gasteiger partial charge >= 0.3 is 0 Å². The molecule has 6 nitrogen and oxygen atoms in total. The number of nitrogens with zero attached hydrogens (tertiary/aromatic N) is 3. The molecule has 0 radical (unpaired) electrons. The van der Waals surface area contributed by atoms with Crippen molar-refractivity contribution in [2.24, 2.45) is 0 Å². The van der Waals surface area contributed by atoms with Crippen molar-refractivity contribution in [1.29, 1.82) is 0 Å². The van der Waals surface area contributed by atoms with Gasteiger partial charge in [-0.2, -0.15) is 0 Å². The van der Waals surface area contributed by atoms with E-state index in [2.05, 4.69) is 11.6 Å². The Morgan fingerprint density at radius 2 is 1.74 bits per heavy atom. The van der Waals surface area contributed by atoms with Crippen LogP contribution in [0.15, 0.2) is 37.2 Å². The summed E-state index contributed by atoms with van der Waals surface area (Å²) in [6.45, 7) is 4.17. The van der Waals surface area contributed by atoms with Gasteiger partial charge in [0, 0.05) is 50.4 Å². The molecule has 2 heterocycles. The van der Waals surface area contributed by atoms with Gasteiger partial charge in [0.2, 0.25) is 0 Å². The van der Waals surface area contributed by atoms with Crippen LogP contribution in [0.5, 0.6) is 11.5 Å². The zero-order chi connectivity index (χ0) is 19.7. The van der Waals surface area contributed by atoms with Crippen molar-refractivity contribution in [1.82, 2.24) is 9.88 Å². The monoisotopic (exact) mass is 365 g/mol. The zero-order valence-corrected chi connectivity index (χ0v) is 16.2. The number of carbonyl (C=O) groups excluding carboxylic acids is 1. The molecule has 0 bridgehead atoms. The molecular weight excluding hydrogens is 342 g/mol. The summed E-state index contributed by atoms with van der Waals surface area (Å²) in [4.78, 5) is 19.9. The molecule has 0 saturated carbocycles. The van der Waals surface area contributed by atoms with Crippen molar-refractivity contribution in [3.8, 4) is 11.5 Å². The highest BCUT2D eigenvalue weighted by atomic mass is 16.5. The van der Waals surface area contributed by atoms with Gasteiger partial charge in [0.15, 0.2) is 6.29 Å².